The molecule has 0 radical (unpaired) electrons. The van der Waals surface area contributed by atoms with Gasteiger partial charge in [0.05, 0.1) is 5.41 Å². The van der Waals surface area contributed by atoms with E-state index in [0.717, 1.165) is 28.7 Å². The van der Waals surface area contributed by atoms with E-state index in [1.807, 2.05) is 25.1 Å². The summed E-state index contributed by atoms with van der Waals surface area (Å²) < 4.78 is 0.927. The van der Waals surface area contributed by atoms with E-state index < -0.39 is 5.41 Å². The van der Waals surface area contributed by atoms with Crippen LogP contribution in [0.3, 0.4) is 0 Å². The van der Waals surface area contributed by atoms with Crippen LogP contribution in [0.25, 0.3) is 0 Å². The van der Waals surface area contributed by atoms with Crippen LogP contribution in [0.5, 0.6) is 0 Å². The maximum atomic E-state index is 11.5. The minimum atomic E-state index is -0.486. The van der Waals surface area contributed by atoms with E-state index in [4.69, 9.17) is 23.7 Å². The molecule has 0 spiro atoms. The minimum Gasteiger partial charge on any atom is -0.389 e. The zero-order chi connectivity index (χ0) is 14.2. The van der Waals surface area contributed by atoms with Gasteiger partial charge in [-0.05, 0) is 31.5 Å². The van der Waals surface area contributed by atoms with Crippen molar-refractivity contribution in [3.63, 3.8) is 0 Å². The fraction of sp³-hybridized carbons (Fsp3) is 0.385. The first kappa shape index (κ1) is 14.3. The maximum Gasteiger partial charge on any atom is 0.225 e. The fourth-order valence-corrected chi connectivity index (χ4v) is 2.87. The zero-order valence-electron chi connectivity index (χ0n) is 10.6. The molecule has 6 heteroatoms. The SMILES string of the molecule is CC1(C(N)=O)CCN(c2ccc(Br)cc2C(N)=S)C1. The Hall–Kier alpha value is -1.14. The van der Waals surface area contributed by atoms with E-state index in [1.54, 1.807) is 0 Å². The molecular weight excluding hydrogens is 326 g/mol. The lowest BCUT2D eigenvalue weighted by Crippen LogP contribution is -2.37. The van der Waals surface area contributed by atoms with Crippen LogP contribution in [0.4, 0.5) is 5.69 Å². The van der Waals surface area contributed by atoms with Gasteiger partial charge >= 0.3 is 0 Å². The lowest BCUT2D eigenvalue weighted by molar-refractivity contribution is -0.125. The molecular formula is C13H16BrN3OS. The molecule has 0 aromatic heterocycles. The highest BCUT2D eigenvalue weighted by Crippen LogP contribution is 2.35. The van der Waals surface area contributed by atoms with Gasteiger partial charge in [0, 0.05) is 28.8 Å². The number of carbonyl (C=O) groups excluding carboxylic acids is 1. The van der Waals surface area contributed by atoms with Crippen molar-refractivity contribution in [1.82, 2.24) is 0 Å². The number of halogens is 1. The first-order valence-corrected chi connectivity index (χ1v) is 7.18. The van der Waals surface area contributed by atoms with E-state index in [2.05, 4.69) is 20.8 Å². The topological polar surface area (TPSA) is 72.4 Å². The molecule has 4 N–H and O–H groups in total. The summed E-state index contributed by atoms with van der Waals surface area (Å²) in [4.78, 5) is 14.0. The molecule has 1 atom stereocenters. The van der Waals surface area contributed by atoms with E-state index >= 15 is 0 Å². The van der Waals surface area contributed by atoms with E-state index in [1.165, 1.54) is 0 Å². The summed E-state index contributed by atoms with van der Waals surface area (Å²) in [6.45, 7) is 3.27. The quantitative estimate of drug-likeness (QED) is 0.822. The van der Waals surface area contributed by atoms with Crippen LogP contribution in [0, 0.1) is 5.41 Å². The van der Waals surface area contributed by atoms with Gasteiger partial charge in [0.1, 0.15) is 4.99 Å². The molecule has 19 heavy (non-hydrogen) atoms. The molecule has 1 amide bonds. The predicted molar refractivity (Wildman–Crippen MR) is 84.2 cm³/mol. The number of thiocarbonyl (C=S) groups is 1. The second-order valence-electron chi connectivity index (χ2n) is 5.12. The van der Waals surface area contributed by atoms with Crippen molar-refractivity contribution in [1.29, 1.82) is 0 Å². The Balaban J connectivity index is 2.34. The van der Waals surface area contributed by atoms with Crippen LogP contribution >= 0.6 is 28.1 Å². The van der Waals surface area contributed by atoms with Gasteiger partial charge in [-0.25, -0.2) is 0 Å². The first-order valence-electron chi connectivity index (χ1n) is 5.98. The molecule has 1 aromatic rings. The number of benzene rings is 1. The zero-order valence-corrected chi connectivity index (χ0v) is 13.1. The van der Waals surface area contributed by atoms with Crippen molar-refractivity contribution in [2.45, 2.75) is 13.3 Å². The molecule has 0 aliphatic carbocycles. The maximum absolute atomic E-state index is 11.5. The molecule has 4 nitrogen and oxygen atoms in total. The lowest BCUT2D eigenvalue weighted by Gasteiger charge is -2.24. The molecule has 1 fully saturated rings. The number of anilines is 1. The molecule has 1 heterocycles. The van der Waals surface area contributed by atoms with Crippen molar-refractivity contribution < 1.29 is 4.79 Å². The molecule has 0 saturated carbocycles. The third-order valence-electron chi connectivity index (χ3n) is 3.63. The van der Waals surface area contributed by atoms with E-state index in [-0.39, 0.29) is 5.91 Å². The van der Waals surface area contributed by atoms with Crippen molar-refractivity contribution in [2.75, 3.05) is 18.0 Å². The Bertz CT molecular complexity index is 549. The van der Waals surface area contributed by atoms with Gasteiger partial charge in [0.15, 0.2) is 0 Å². The van der Waals surface area contributed by atoms with Crippen molar-refractivity contribution in [3.8, 4) is 0 Å². The Morgan fingerprint density at radius 3 is 2.68 bits per heavy atom. The minimum absolute atomic E-state index is 0.260. The van der Waals surface area contributed by atoms with Crippen LogP contribution in [0.15, 0.2) is 22.7 Å². The molecule has 1 aliphatic rings. The summed E-state index contributed by atoms with van der Waals surface area (Å²) >= 11 is 8.50. The van der Waals surface area contributed by atoms with Gasteiger partial charge in [-0.1, -0.05) is 28.1 Å². The summed E-state index contributed by atoms with van der Waals surface area (Å²) in [5.74, 6) is -0.260. The monoisotopic (exact) mass is 341 g/mol. The second kappa shape index (κ2) is 5.09. The molecule has 1 saturated heterocycles. The predicted octanol–water partition coefficient (Wildman–Crippen LogP) is 1.78. The average molecular weight is 342 g/mol. The highest BCUT2D eigenvalue weighted by atomic mass is 79.9. The van der Waals surface area contributed by atoms with Crippen LogP contribution in [0.1, 0.15) is 18.9 Å². The molecule has 1 unspecified atom stereocenters. The Kier molecular flexibility index (Phi) is 3.82. The van der Waals surface area contributed by atoms with Gasteiger partial charge < -0.3 is 16.4 Å². The number of hydrogen-bond donors (Lipinski definition) is 2. The van der Waals surface area contributed by atoms with Crippen LogP contribution in [0.2, 0.25) is 0 Å². The Labute approximate surface area is 126 Å². The van der Waals surface area contributed by atoms with Crippen molar-refractivity contribution in [3.05, 3.63) is 28.2 Å². The third-order valence-corrected chi connectivity index (χ3v) is 4.35. The Morgan fingerprint density at radius 1 is 1.47 bits per heavy atom. The number of nitrogens with zero attached hydrogens (tertiary/aromatic N) is 1. The van der Waals surface area contributed by atoms with Gasteiger partial charge in [-0.15, -0.1) is 0 Å². The van der Waals surface area contributed by atoms with Gasteiger partial charge in [-0.3, -0.25) is 4.79 Å². The number of nitrogens with two attached hydrogens (primary N) is 2. The lowest BCUT2D eigenvalue weighted by atomic mass is 9.89. The number of rotatable bonds is 3. The molecule has 1 aromatic carbocycles. The number of hydrogen-bond acceptors (Lipinski definition) is 3. The van der Waals surface area contributed by atoms with Gasteiger partial charge in [0.2, 0.25) is 5.91 Å². The van der Waals surface area contributed by atoms with E-state index in [0.29, 0.717) is 11.5 Å². The summed E-state index contributed by atoms with van der Waals surface area (Å²) in [5.41, 5.74) is 12.5. The smallest absolute Gasteiger partial charge is 0.225 e. The highest BCUT2D eigenvalue weighted by molar-refractivity contribution is 9.10. The second-order valence-corrected chi connectivity index (χ2v) is 6.48. The van der Waals surface area contributed by atoms with Crippen LogP contribution in [-0.4, -0.2) is 24.0 Å². The van der Waals surface area contributed by atoms with Crippen molar-refractivity contribution >= 4 is 44.7 Å². The van der Waals surface area contributed by atoms with Gasteiger partial charge in [-0.2, -0.15) is 0 Å². The number of primary amides is 1. The summed E-state index contributed by atoms with van der Waals surface area (Å²) in [6.07, 6.45) is 0.745. The average Bonchev–Trinajstić information content (AvgIpc) is 2.73. The third kappa shape index (κ3) is 2.74. The van der Waals surface area contributed by atoms with E-state index in [9.17, 15) is 4.79 Å². The fourth-order valence-electron chi connectivity index (χ4n) is 2.35. The highest BCUT2D eigenvalue weighted by Gasteiger charge is 2.39. The van der Waals surface area contributed by atoms with Crippen molar-refractivity contribution in [2.24, 2.45) is 16.9 Å². The van der Waals surface area contributed by atoms with Crippen LogP contribution in [-0.2, 0) is 4.79 Å². The molecule has 1 aliphatic heterocycles. The first-order chi connectivity index (χ1) is 8.83. The molecule has 102 valence electrons. The Morgan fingerprint density at radius 2 is 2.16 bits per heavy atom. The normalized spacial score (nSPS) is 22.5. The standard InChI is InChI=1S/C13H16BrN3OS/c1-13(12(16)18)4-5-17(7-13)10-3-2-8(14)6-9(10)11(15)19/h2-3,6H,4-5,7H2,1H3,(H2,15,19)(H2,16,18). The molecule has 0 bridgehead atoms. The number of carbonyl (C=O) groups is 1. The summed E-state index contributed by atoms with van der Waals surface area (Å²) in [5, 5.41) is 0. The summed E-state index contributed by atoms with van der Waals surface area (Å²) in [7, 11) is 0. The largest absolute Gasteiger partial charge is 0.389 e. The summed E-state index contributed by atoms with van der Waals surface area (Å²) in [6, 6.07) is 5.81. The number of amides is 1. The molecule has 2 rings (SSSR count). The van der Waals surface area contributed by atoms with Crippen LogP contribution < -0.4 is 16.4 Å². The van der Waals surface area contributed by atoms with Gasteiger partial charge in [0.25, 0.3) is 0 Å².